The van der Waals surface area contributed by atoms with Crippen LogP contribution >= 0.6 is 11.3 Å². The van der Waals surface area contributed by atoms with Crippen LogP contribution in [0.5, 0.6) is 5.75 Å². The number of aliphatic hydroxyl groups excluding tert-OH is 1. The first kappa shape index (κ1) is 16.4. The lowest BCUT2D eigenvalue weighted by Crippen LogP contribution is -2.26. The molecular weight excluding hydrogens is 239 g/mol. The number of rotatable bonds is 6. The van der Waals surface area contributed by atoms with Gasteiger partial charge in [0.15, 0.2) is 0 Å². The lowest BCUT2D eigenvalue weighted by molar-refractivity contribution is 0.399. The molecule has 6 heteroatoms. The fraction of sp³-hybridized carbons (Fsp3) is 0.636. The highest BCUT2D eigenvalue weighted by Crippen LogP contribution is 2.25. The predicted octanol–water partition coefficient (Wildman–Crippen LogP) is 0.778. The van der Waals surface area contributed by atoms with Crippen LogP contribution in [0, 0.1) is 0 Å². The van der Waals surface area contributed by atoms with Gasteiger partial charge in [0.1, 0.15) is 5.75 Å². The fourth-order valence-corrected chi connectivity index (χ4v) is 2.49. The second kappa shape index (κ2) is 9.47. The Morgan fingerprint density at radius 2 is 1.94 bits per heavy atom. The van der Waals surface area contributed by atoms with Crippen LogP contribution in [0.25, 0.3) is 0 Å². The molecule has 0 aromatic carbocycles. The van der Waals surface area contributed by atoms with Crippen molar-refractivity contribution in [2.24, 2.45) is 0 Å². The summed E-state index contributed by atoms with van der Waals surface area (Å²) in [5, 5.41) is 25.1. The van der Waals surface area contributed by atoms with E-state index in [2.05, 4.69) is 6.92 Å². The zero-order valence-corrected chi connectivity index (χ0v) is 11.5. The molecule has 0 saturated heterocycles. The van der Waals surface area contributed by atoms with E-state index in [-0.39, 0.29) is 0 Å². The van der Waals surface area contributed by atoms with E-state index in [4.69, 9.17) is 19.9 Å². The van der Waals surface area contributed by atoms with Gasteiger partial charge >= 0.3 is 7.12 Å². The van der Waals surface area contributed by atoms with Gasteiger partial charge < -0.3 is 19.9 Å². The average Bonchev–Trinajstić information content (AvgIpc) is 2.75. The third-order valence-corrected chi connectivity index (χ3v) is 3.49. The highest BCUT2D eigenvalue weighted by molar-refractivity contribution is 7.22. The molecule has 0 aliphatic carbocycles. The summed E-state index contributed by atoms with van der Waals surface area (Å²) >= 11 is 1.42. The lowest BCUT2D eigenvalue weighted by Gasteiger charge is -2.00. The summed E-state index contributed by atoms with van der Waals surface area (Å²) in [7, 11) is 1.22. The van der Waals surface area contributed by atoms with Crippen molar-refractivity contribution in [3.05, 3.63) is 10.9 Å². The molecule has 1 rings (SSSR count). The lowest BCUT2D eigenvalue weighted by atomic mass is 9.89. The topological polar surface area (TPSA) is 69.9 Å². The van der Waals surface area contributed by atoms with Crippen molar-refractivity contribution in [2.45, 2.75) is 32.6 Å². The number of thiophene rings is 1. The first-order valence-corrected chi connectivity index (χ1v) is 6.48. The van der Waals surface area contributed by atoms with E-state index in [1.54, 1.807) is 13.2 Å². The molecule has 0 unspecified atom stereocenters. The van der Waals surface area contributed by atoms with Crippen LogP contribution in [-0.2, 0) is 6.42 Å². The number of aliphatic hydroxyl groups is 1. The van der Waals surface area contributed by atoms with Gasteiger partial charge in [0.2, 0.25) is 0 Å². The van der Waals surface area contributed by atoms with E-state index in [1.165, 1.54) is 24.2 Å². The molecule has 0 aliphatic rings. The quantitative estimate of drug-likeness (QED) is 0.522. The van der Waals surface area contributed by atoms with Crippen molar-refractivity contribution >= 4 is 23.2 Å². The highest BCUT2D eigenvalue weighted by atomic mass is 32.1. The number of hydrogen-bond acceptors (Lipinski definition) is 5. The largest absolute Gasteiger partial charge is 0.499 e. The maximum atomic E-state index is 9.04. The highest BCUT2D eigenvalue weighted by Gasteiger charge is 2.18. The van der Waals surface area contributed by atoms with Gasteiger partial charge in [0, 0.05) is 16.8 Å². The van der Waals surface area contributed by atoms with E-state index in [1.807, 2.05) is 0 Å². The monoisotopic (exact) mass is 260 g/mol. The van der Waals surface area contributed by atoms with Crippen molar-refractivity contribution in [2.75, 3.05) is 14.2 Å². The molecule has 1 aromatic rings. The van der Waals surface area contributed by atoms with E-state index in [9.17, 15) is 0 Å². The minimum atomic E-state index is -1.39. The van der Waals surface area contributed by atoms with Crippen molar-refractivity contribution in [1.29, 1.82) is 0 Å². The Morgan fingerprint density at radius 1 is 1.29 bits per heavy atom. The number of ether oxygens (including phenoxy) is 1. The third-order valence-electron chi connectivity index (χ3n) is 2.27. The Morgan fingerprint density at radius 3 is 2.41 bits per heavy atom. The summed E-state index contributed by atoms with van der Waals surface area (Å²) in [5.41, 5.74) is 0. The summed E-state index contributed by atoms with van der Waals surface area (Å²) in [6, 6.07) is 1.70. The Labute approximate surface area is 107 Å². The normalized spacial score (nSPS) is 9.53. The minimum Gasteiger partial charge on any atom is -0.496 e. The summed E-state index contributed by atoms with van der Waals surface area (Å²) < 4.78 is 5.75. The van der Waals surface area contributed by atoms with E-state index in [0.717, 1.165) is 30.6 Å². The van der Waals surface area contributed by atoms with Crippen LogP contribution in [-0.4, -0.2) is 36.5 Å². The molecule has 0 spiro atoms. The van der Waals surface area contributed by atoms with Crippen molar-refractivity contribution in [3.8, 4) is 5.75 Å². The molecular formula is C11H21BO4S. The molecule has 0 atom stereocenters. The molecule has 1 aromatic heterocycles. The van der Waals surface area contributed by atoms with Crippen LogP contribution in [0.15, 0.2) is 6.07 Å². The molecule has 98 valence electrons. The molecule has 0 radical (unpaired) electrons. The smallest absolute Gasteiger partial charge is 0.496 e. The van der Waals surface area contributed by atoms with Crippen molar-refractivity contribution < 1.29 is 19.9 Å². The fourth-order valence-electron chi connectivity index (χ4n) is 1.44. The minimum absolute atomic E-state index is 0.554. The second-order valence-corrected chi connectivity index (χ2v) is 4.64. The molecule has 0 amide bonds. The zero-order valence-electron chi connectivity index (χ0n) is 10.6. The molecule has 0 saturated carbocycles. The third kappa shape index (κ3) is 5.54. The van der Waals surface area contributed by atoms with Crippen LogP contribution in [0.4, 0.5) is 0 Å². The number of aryl methyl sites for hydroxylation is 1. The Hall–Kier alpha value is -0.555. The Kier molecular flexibility index (Phi) is 9.16. The van der Waals surface area contributed by atoms with Crippen LogP contribution in [0.3, 0.4) is 0 Å². The summed E-state index contributed by atoms with van der Waals surface area (Å²) in [6.45, 7) is 2.16. The SMILES string of the molecule is CCCCCc1sc(B(O)O)cc1OC.CO. The molecule has 17 heavy (non-hydrogen) atoms. The maximum Gasteiger partial charge on any atom is 0.499 e. The van der Waals surface area contributed by atoms with Gasteiger partial charge in [0.05, 0.1) is 7.11 Å². The predicted molar refractivity (Wildman–Crippen MR) is 72.1 cm³/mol. The Bertz CT molecular complexity index is 302. The first-order chi connectivity index (χ1) is 8.19. The van der Waals surface area contributed by atoms with Gasteiger partial charge in [-0.1, -0.05) is 19.8 Å². The Balaban J connectivity index is 0.00000121. The summed E-state index contributed by atoms with van der Waals surface area (Å²) in [6.07, 6.45) is 4.45. The zero-order chi connectivity index (χ0) is 13.3. The number of hydrogen-bond donors (Lipinski definition) is 3. The molecule has 3 N–H and O–H groups in total. The second-order valence-electron chi connectivity index (χ2n) is 3.47. The van der Waals surface area contributed by atoms with Crippen molar-refractivity contribution in [1.82, 2.24) is 0 Å². The number of methoxy groups -OCH3 is 1. The van der Waals surface area contributed by atoms with Gasteiger partial charge in [-0.2, -0.15) is 0 Å². The van der Waals surface area contributed by atoms with E-state index < -0.39 is 7.12 Å². The average molecular weight is 260 g/mol. The molecule has 4 nitrogen and oxygen atoms in total. The van der Waals surface area contributed by atoms with Gasteiger partial charge in [-0.15, -0.1) is 11.3 Å². The molecule has 0 aliphatic heterocycles. The number of unbranched alkanes of at least 4 members (excludes halogenated alkanes) is 2. The maximum absolute atomic E-state index is 9.04. The summed E-state index contributed by atoms with van der Waals surface area (Å²) in [4.78, 5) is 1.11. The van der Waals surface area contributed by atoms with Crippen molar-refractivity contribution in [3.63, 3.8) is 0 Å². The first-order valence-electron chi connectivity index (χ1n) is 5.66. The summed E-state index contributed by atoms with van der Waals surface area (Å²) in [5.74, 6) is 0.777. The van der Waals surface area contributed by atoms with Crippen LogP contribution < -0.4 is 9.51 Å². The van der Waals surface area contributed by atoms with Gasteiger partial charge in [-0.25, -0.2) is 0 Å². The van der Waals surface area contributed by atoms with E-state index >= 15 is 0 Å². The molecule has 0 fully saturated rings. The van der Waals surface area contributed by atoms with Gasteiger partial charge in [-0.3, -0.25) is 0 Å². The molecule has 0 bridgehead atoms. The van der Waals surface area contributed by atoms with Gasteiger partial charge in [-0.05, 0) is 18.9 Å². The molecule has 1 heterocycles. The van der Waals surface area contributed by atoms with Crippen LogP contribution in [0.2, 0.25) is 0 Å². The van der Waals surface area contributed by atoms with Gasteiger partial charge in [0.25, 0.3) is 0 Å². The van der Waals surface area contributed by atoms with Crippen LogP contribution in [0.1, 0.15) is 31.1 Å². The van der Waals surface area contributed by atoms with E-state index in [0.29, 0.717) is 4.78 Å². The standard InChI is InChI=1S/C10H17BO3S.CH4O/c1-3-4-5-6-9-8(14-2)7-10(15-9)11(12)13;1-2/h7,12-13H,3-6H2,1-2H3;2H,1H3.